The topological polar surface area (TPSA) is 62.2 Å². The van der Waals surface area contributed by atoms with E-state index in [0.717, 1.165) is 13.1 Å². The molecule has 114 valence electrons. The van der Waals surface area contributed by atoms with Crippen molar-refractivity contribution in [3.63, 3.8) is 0 Å². The lowest BCUT2D eigenvalue weighted by molar-refractivity contribution is -0.218. The predicted octanol–water partition coefficient (Wildman–Crippen LogP) is 1.22. The van der Waals surface area contributed by atoms with Crippen LogP contribution < -0.4 is 0 Å². The summed E-state index contributed by atoms with van der Waals surface area (Å²) >= 11 is 0. The molecule has 6 heteroatoms. The van der Waals surface area contributed by atoms with Crippen LogP contribution in [0.25, 0.3) is 0 Å². The Balaban J connectivity index is 1.70. The summed E-state index contributed by atoms with van der Waals surface area (Å²) in [5, 5.41) is 9.27. The van der Waals surface area contributed by atoms with Crippen LogP contribution in [0.15, 0.2) is 30.3 Å². The number of ether oxygens (including phenoxy) is 2. The highest BCUT2D eigenvalue weighted by atomic mass is 16.6. The average molecular weight is 292 g/mol. The van der Waals surface area contributed by atoms with Gasteiger partial charge in [0.1, 0.15) is 6.10 Å². The van der Waals surface area contributed by atoms with Crippen LogP contribution >= 0.6 is 0 Å². The highest BCUT2D eigenvalue weighted by molar-refractivity contribution is 5.65. The lowest BCUT2D eigenvalue weighted by Crippen LogP contribution is -2.65. The minimum absolute atomic E-state index is 0.0880. The molecular weight excluding hydrogens is 272 g/mol. The summed E-state index contributed by atoms with van der Waals surface area (Å²) in [6.07, 6.45) is -1.80. The van der Waals surface area contributed by atoms with E-state index in [-0.39, 0.29) is 12.2 Å². The molecule has 0 saturated carbocycles. The van der Waals surface area contributed by atoms with Crippen molar-refractivity contribution in [2.24, 2.45) is 0 Å². The number of benzene rings is 1. The number of morpholine rings is 2. The third kappa shape index (κ3) is 3.02. The van der Waals surface area contributed by atoms with Gasteiger partial charge in [-0.2, -0.15) is 0 Å². The van der Waals surface area contributed by atoms with Crippen molar-refractivity contribution in [1.29, 1.82) is 0 Å². The van der Waals surface area contributed by atoms with Crippen molar-refractivity contribution in [1.82, 2.24) is 9.80 Å². The first-order chi connectivity index (χ1) is 10.2. The highest BCUT2D eigenvalue weighted by Gasteiger charge is 2.44. The molecule has 3 atom stereocenters. The molecule has 1 aromatic rings. The van der Waals surface area contributed by atoms with Gasteiger partial charge in [0.25, 0.3) is 0 Å². The Bertz CT molecular complexity index is 496. The van der Waals surface area contributed by atoms with Gasteiger partial charge in [0, 0.05) is 26.7 Å². The Kier molecular flexibility index (Phi) is 4.10. The maximum atomic E-state index is 11.3. The van der Waals surface area contributed by atoms with Gasteiger partial charge >= 0.3 is 6.09 Å². The zero-order chi connectivity index (χ0) is 14.8. The van der Waals surface area contributed by atoms with Crippen LogP contribution in [0.1, 0.15) is 5.56 Å². The number of rotatable bonds is 3. The summed E-state index contributed by atoms with van der Waals surface area (Å²) in [6, 6.07) is 10.3. The molecule has 21 heavy (non-hydrogen) atoms. The van der Waals surface area contributed by atoms with Crippen molar-refractivity contribution in [2.45, 2.75) is 25.0 Å². The Labute approximate surface area is 123 Å². The summed E-state index contributed by atoms with van der Waals surface area (Å²) in [5.74, 6) is 0. The maximum Gasteiger partial charge on any atom is 0.409 e. The molecule has 3 rings (SSSR count). The molecule has 2 heterocycles. The molecule has 2 bridgehead atoms. The molecule has 2 aliphatic heterocycles. The third-order valence-corrected chi connectivity index (χ3v) is 4.03. The highest BCUT2D eigenvalue weighted by Crippen LogP contribution is 2.26. The van der Waals surface area contributed by atoms with Crippen molar-refractivity contribution in [3.05, 3.63) is 35.9 Å². The summed E-state index contributed by atoms with van der Waals surface area (Å²) < 4.78 is 11.2. The first kappa shape index (κ1) is 14.3. The first-order valence-corrected chi connectivity index (χ1v) is 7.11. The number of amides is 1. The fraction of sp³-hybridized carbons (Fsp3) is 0.533. The van der Waals surface area contributed by atoms with Crippen molar-refractivity contribution in [3.8, 4) is 0 Å². The summed E-state index contributed by atoms with van der Waals surface area (Å²) in [6.45, 7) is 2.62. The maximum absolute atomic E-state index is 11.3. The predicted molar refractivity (Wildman–Crippen MR) is 75.9 cm³/mol. The molecule has 0 radical (unpaired) electrons. The van der Waals surface area contributed by atoms with E-state index in [1.165, 1.54) is 17.6 Å². The van der Waals surface area contributed by atoms with Crippen LogP contribution in [0.5, 0.6) is 0 Å². The van der Waals surface area contributed by atoms with Gasteiger partial charge in [-0.3, -0.25) is 9.80 Å². The zero-order valence-corrected chi connectivity index (χ0v) is 12.0. The molecule has 2 saturated heterocycles. The molecule has 2 aliphatic rings. The average Bonchev–Trinajstić information content (AvgIpc) is 2.47. The van der Waals surface area contributed by atoms with Gasteiger partial charge in [0.15, 0.2) is 6.23 Å². The SMILES string of the molecule is COC1C2CN(Cc3ccccc3)CC(CN1C(=O)O)O2. The van der Waals surface area contributed by atoms with Gasteiger partial charge in [0.2, 0.25) is 0 Å². The van der Waals surface area contributed by atoms with Crippen LogP contribution in [-0.2, 0) is 16.0 Å². The molecule has 1 aromatic carbocycles. The first-order valence-electron chi connectivity index (χ1n) is 7.11. The molecular formula is C15H20N2O4. The van der Waals surface area contributed by atoms with Crippen LogP contribution in [0.3, 0.4) is 0 Å². The summed E-state index contributed by atoms with van der Waals surface area (Å²) in [4.78, 5) is 15.0. The van der Waals surface area contributed by atoms with Gasteiger partial charge in [-0.15, -0.1) is 0 Å². The van der Waals surface area contributed by atoms with Gasteiger partial charge in [-0.25, -0.2) is 4.79 Å². The third-order valence-electron chi connectivity index (χ3n) is 4.03. The van der Waals surface area contributed by atoms with E-state index in [4.69, 9.17) is 9.47 Å². The van der Waals surface area contributed by atoms with Gasteiger partial charge in [-0.1, -0.05) is 30.3 Å². The minimum atomic E-state index is -0.948. The lowest BCUT2D eigenvalue weighted by Gasteiger charge is -2.48. The number of fused-ring (bicyclic) bond motifs is 2. The lowest BCUT2D eigenvalue weighted by atomic mass is 10.1. The van der Waals surface area contributed by atoms with E-state index in [9.17, 15) is 9.90 Å². The molecule has 0 aliphatic carbocycles. The number of hydrogen-bond donors (Lipinski definition) is 1. The number of methoxy groups -OCH3 is 1. The van der Waals surface area contributed by atoms with Crippen molar-refractivity contribution in [2.75, 3.05) is 26.7 Å². The van der Waals surface area contributed by atoms with Crippen LogP contribution in [0.2, 0.25) is 0 Å². The van der Waals surface area contributed by atoms with E-state index in [1.54, 1.807) is 0 Å². The Morgan fingerprint density at radius 1 is 1.33 bits per heavy atom. The van der Waals surface area contributed by atoms with E-state index >= 15 is 0 Å². The molecule has 3 unspecified atom stereocenters. The number of carbonyl (C=O) groups is 1. The van der Waals surface area contributed by atoms with Gasteiger partial charge in [-0.05, 0) is 5.56 Å². The second kappa shape index (κ2) is 6.01. The summed E-state index contributed by atoms with van der Waals surface area (Å²) in [7, 11) is 1.53. The smallest absolute Gasteiger partial charge is 0.409 e. The van der Waals surface area contributed by atoms with Crippen molar-refractivity contribution < 1.29 is 19.4 Å². The van der Waals surface area contributed by atoms with E-state index < -0.39 is 12.3 Å². The van der Waals surface area contributed by atoms with Gasteiger partial charge in [0.05, 0.1) is 12.6 Å². The number of carboxylic acid groups (broad SMARTS) is 1. The van der Waals surface area contributed by atoms with Crippen LogP contribution in [0, 0.1) is 0 Å². The molecule has 1 N–H and O–H groups in total. The van der Waals surface area contributed by atoms with E-state index in [0.29, 0.717) is 13.1 Å². The Hall–Kier alpha value is -1.63. The Morgan fingerprint density at radius 2 is 2.10 bits per heavy atom. The number of hydrogen-bond acceptors (Lipinski definition) is 4. The minimum Gasteiger partial charge on any atom is -0.465 e. The Morgan fingerprint density at radius 3 is 2.76 bits per heavy atom. The molecule has 6 nitrogen and oxygen atoms in total. The normalized spacial score (nSPS) is 29.4. The number of nitrogens with zero attached hydrogens (tertiary/aromatic N) is 2. The zero-order valence-electron chi connectivity index (χ0n) is 12.0. The van der Waals surface area contributed by atoms with Crippen LogP contribution in [0.4, 0.5) is 4.79 Å². The second-order valence-corrected chi connectivity index (χ2v) is 5.54. The fourth-order valence-corrected chi connectivity index (χ4v) is 3.17. The summed E-state index contributed by atoms with van der Waals surface area (Å²) in [5.41, 5.74) is 1.25. The molecule has 0 aromatic heterocycles. The molecule has 1 amide bonds. The standard InChI is InChI=1S/C15H20N2O4/c1-20-14-13-10-16(7-11-5-3-2-4-6-11)8-12(21-13)9-17(14)15(18)19/h2-6,12-14H,7-10H2,1H3,(H,18,19). The quantitative estimate of drug-likeness (QED) is 0.907. The van der Waals surface area contributed by atoms with Gasteiger partial charge < -0.3 is 14.6 Å². The largest absolute Gasteiger partial charge is 0.465 e. The monoisotopic (exact) mass is 292 g/mol. The molecule has 0 spiro atoms. The second-order valence-electron chi connectivity index (χ2n) is 5.54. The fourth-order valence-electron chi connectivity index (χ4n) is 3.17. The van der Waals surface area contributed by atoms with E-state index in [1.807, 2.05) is 18.2 Å². The van der Waals surface area contributed by atoms with E-state index in [2.05, 4.69) is 17.0 Å². The van der Waals surface area contributed by atoms with Crippen LogP contribution in [-0.4, -0.2) is 66.2 Å². The molecule has 2 fully saturated rings. The van der Waals surface area contributed by atoms with Crippen molar-refractivity contribution >= 4 is 6.09 Å².